The van der Waals surface area contributed by atoms with Crippen LogP contribution in [0.1, 0.15) is 12.5 Å². The summed E-state index contributed by atoms with van der Waals surface area (Å²) in [4.78, 5) is 13.5. The molecule has 4 nitrogen and oxygen atoms in total. The number of amides is 1. The van der Waals surface area contributed by atoms with Gasteiger partial charge in [-0.2, -0.15) is 0 Å². The first-order valence-electron chi connectivity index (χ1n) is 7.19. The van der Waals surface area contributed by atoms with Crippen LogP contribution in [0.5, 0.6) is 5.75 Å². The van der Waals surface area contributed by atoms with Crippen LogP contribution in [0.3, 0.4) is 0 Å². The van der Waals surface area contributed by atoms with E-state index in [2.05, 4.69) is 17.4 Å². The minimum absolute atomic E-state index is 0.0129. The van der Waals surface area contributed by atoms with E-state index in [1.807, 2.05) is 38.2 Å². The predicted octanol–water partition coefficient (Wildman–Crippen LogP) is 2.42. The minimum atomic E-state index is -0.0129. The van der Waals surface area contributed by atoms with Crippen molar-refractivity contribution in [2.45, 2.75) is 13.5 Å². The lowest BCUT2D eigenvalue weighted by Gasteiger charge is -2.17. The molecule has 0 spiro atoms. The highest BCUT2D eigenvalue weighted by Gasteiger charge is 2.11. The molecule has 0 unspecified atom stereocenters. The van der Waals surface area contributed by atoms with Crippen molar-refractivity contribution in [2.24, 2.45) is 0 Å². The van der Waals surface area contributed by atoms with Crippen molar-refractivity contribution in [2.75, 3.05) is 27.2 Å². The van der Waals surface area contributed by atoms with E-state index in [-0.39, 0.29) is 12.5 Å². The fraction of sp³-hybridized carbons (Fsp3) is 0.353. The third kappa shape index (κ3) is 3.52. The summed E-state index contributed by atoms with van der Waals surface area (Å²) in [6, 6.07) is 12.2. The smallest absolute Gasteiger partial charge is 0.260 e. The molecule has 112 valence electrons. The van der Waals surface area contributed by atoms with Crippen LogP contribution in [0.2, 0.25) is 0 Å². The Morgan fingerprint density at radius 1 is 1.24 bits per heavy atom. The van der Waals surface area contributed by atoms with Gasteiger partial charge in [0.1, 0.15) is 5.75 Å². The highest BCUT2D eigenvalue weighted by molar-refractivity contribution is 5.88. The van der Waals surface area contributed by atoms with Crippen molar-refractivity contribution in [3.8, 4) is 5.75 Å². The number of rotatable bonds is 6. The van der Waals surface area contributed by atoms with Crippen molar-refractivity contribution >= 4 is 16.7 Å². The molecule has 0 aliphatic heterocycles. The maximum absolute atomic E-state index is 11.9. The molecule has 0 fully saturated rings. The van der Waals surface area contributed by atoms with Crippen LogP contribution in [-0.4, -0.2) is 38.1 Å². The molecule has 0 bridgehead atoms. The second-order valence-electron chi connectivity index (χ2n) is 4.99. The lowest BCUT2D eigenvalue weighted by molar-refractivity contribution is -0.131. The zero-order valence-electron chi connectivity index (χ0n) is 12.8. The van der Waals surface area contributed by atoms with E-state index in [0.717, 1.165) is 16.7 Å². The Labute approximate surface area is 125 Å². The molecule has 2 aromatic carbocycles. The van der Waals surface area contributed by atoms with Crippen molar-refractivity contribution in [3.05, 3.63) is 42.0 Å². The SMILES string of the molecule is CCN(C)C(=O)COc1ccc2ccccc2c1CNC. The molecule has 1 amide bonds. The molecule has 2 rings (SSSR count). The predicted molar refractivity (Wildman–Crippen MR) is 85.5 cm³/mol. The number of carbonyl (C=O) groups excluding carboxylic acids is 1. The third-order valence-electron chi connectivity index (χ3n) is 3.60. The molecule has 0 saturated carbocycles. The van der Waals surface area contributed by atoms with Crippen molar-refractivity contribution in [1.29, 1.82) is 0 Å². The van der Waals surface area contributed by atoms with Gasteiger partial charge in [0.15, 0.2) is 6.61 Å². The van der Waals surface area contributed by atoms with Crippen molar-refractivity contribution in [1.82, 2.24) is 10.2 Å². The van der Waals surface area contributed by atoms with Gasteiger partial charge < -0.3 is 15.0 Å². The Hall–Kier alpha value is -2.07. The van der Waals surface area contributed by atoms with Gasteiger partial charge in [0.25, 0.3) is 5.91 Å². The topological polar surface area (TPSA) is 41.6 Å². The lowest BCUT2D eigenvalue weighted by Crippen LogP contribution is -2.31. The summed E-state index contributed by atoms with van der Waals surface area (Å²) < 4.78 is 5.75. The van der Waals surface area contributed by atoms with Gasteiger partial charge in [-0.3, -0.25) is 4.79 Å². The molecule has 0 saturated heterocycles. The first-order chi connectivity index (χ1) is 10.2. The molecular formula is C17H22N2O2. The largest absolute Gasteiger partial charge is 0.483 e. The summed E-state index contributed by atoms with van der Waals surface area (Å²) in [6.45, 7) is 3.40. The Morgan fingerprint density at radius 3 is 2.71 bits per heavy atom. The lowest BCUT2D eigenvalue weighted by atomic mass is 10.0. The first kappa shape index (κ1) is 15.3. The number of fused-ring (bicyclic) bond motifs is 1. The van der Waals surface area contributed by atoms with E-state index in [1.165, 1.54) is 5.39 Å². The number of hydrogen-bond acceptors (Lipinski definition) is 3. The molecule has 21 heavy (non-hydrogen) atoms. The number of ether oxygens (including phenoxy) is 1. The fourth-order valence-electron chi connectivity index (χ4n) is 2.24. The van der Waals surface area contributed by atoms with Gasteiger partial charge in [0.05, 0.1) is 0 Å². The van der Waals surface area contributed by atoms with Crippen LogP contribution < -0.4 is 10.1 Å². The van der Waals surface area contributed by atoms with Crippen molar-refractivity contribution in [3.63, 3.8) is 0 Å². The zero-order chi connectivity index (χ0) is 15.2. The van der Waals surface area contributed by atoms with Crippen molar-refractivity contribution < 1.29 is 9.53 Å². The molecule has 4 heteroatoms. The van der Waals surface area contributed by atoms with Crippen LogP contribution in [0.25, 0.3) is 10.8 Å². The zero-order valence-corrected chi connectivity index (χ0v) is 12.8. The maximum atomic E-state index is 11.9. The molecule has 0 radical (unpaired) electrons. The summed E-state index contributed by atoms with van der Waals surface area (Å²) in [5.41, 5.74) is 1.09. The Bertz CT molecular complexity index is 625. The van der Waals surface area contributed by atoms with E-state index in [4.69, 9.17) is 4.74 Å². The first-order valence-corrected chi connectivity index (χ1v) is 7.19. The number of nitrogens with one attached hydrogen (secondary N) is 1. The Morgan fingerprint density at radius 2 is 2.00 bits per heavy atom. The fourth-order valence-corrected chi connectivity index (χ4v) is 2.24. The van der Waals surface area contributed by atoms with Crippen LogP contribution in [0, 0.1) is 0 Å². The Balaban J connectivity index is 2.26. The summed E-state index contributed by atoms with van der Waals surface area (Å²) >= 11 is 0. The summed E-state index contributed by atoms with van der Waals surface area (Å²) in [6.07, 6.45) is 0. The highest BCUT2D eigenvalue weighted by atomic mass is 16.5. The summed E-state index contributed by atoms with van der Waals surface area (Å²) in [5, 5.41) is 5.49. The average Bonchev–Trinajstić information content (AvgIpc) is 2.53. The summed E-state index contributed by atoms with van der Waals surface area (Å²) in [5.74, 6) is 0.752. The standard InChI is InChI=1S/C17H22N2O2/c1-4-19(3)17(20)12-21-16-10-9-13-7-5-6-8-14(13)15(16)11-18-2/h5-10,18H,4,11-12H2,1-3H3. The van der Waals surface area contributed by atoms with E-state index in [9.17, 15) is 4.79 Å². The molecule has 0 aromatic heterocycles. The second-order valence-corrected chi connectivity index (χ2v) is 4.99. The number of carbonyl (C=O) groups is 1. The van der Waals surface area contributed by atoms with Gasteiger partial charge in [-0.1, -0.05) is 30.3 Å². The van der Waals surface area contributed by atoms with Crippen LogP contribution >= 0.6 is 0 Å². The molecule has 0 aliphatic carbocycles. The minimum Gasteiger partial charge on any atom is -0.483 e. The quantitative estimate of drug-likeness (QED) is 0.886. The second kappa shape index (κ2) is 7.09. The van der Waals surface area contributed by atoms with Gasteiger partial charge in [-0.05, 0) is 30.8 Å². The molecule has 0 heterocycles. The van der Waals surface area contributed by atoms with E-state index < -0.39 is 0 Å². The maximum Gasteiger partial charge on any atom is 0.260 e. The molecule has 2 aromatic rings. The van der Waals surface area contributed by atoms with E-state index in [1.54, 1.807) is 11.9 Å². The van der Waals surface area contributed by atoms with Crippen LogP contribution in [0.4, 0.5) is 0 Å². The van der Waals surface area contributed by atoms with Gasteiger partial charge >= 0.3 is 0 Å². The number of hydrogen-bond donors (Lipinski definition) is 1. The number of benzene rings is 2. The van der Waals surface area contributed by atoms with Crippen LogP contribution in [0.15, 0.2) is 36.4 Å². The average molecular weight is 286 g/mol. The third-order valence-corrected chi connectivity index (χ3v) is 3.60. The van der Waals surface area contributed by atoms with Gasteiger partial charge in [0, 0.05) is 25.7 Å². The van der Waals surface area contributed by atoms with Gasteiger partial charge in [0.2, 0.25) is 0 Å². The van der Waals surface area contributed by atoms with E-state index in [0.29, 0.717) is 13.1 Å². The highest BCUT2D eigenvalue weighted by Crippen LogP contribution is 2.28. The van der Waals surface area contributed by atoms with Crippen LogP contribution in [-0.2, 0) is 11.3 Å². The van der Waals surface area contributed by atoms with Gasteiger partial charge in [-0.15, -0.1) is 0 Å². The van der Waals surface area contributed by atoms with E-state index >= 15 is 0 Å². The monoisotopic (exact) mass is 286 g/mol. The van der Waals surface area contributed by atoms with Gasteiger partial charge in [-0.25, -0.2) is 0 Å². The number of nitrogens with zero attached hydrogens (tertiary/aromatic N) is 1. The molecule has 0 aliphatic rings. The normalized spacial score (nSPS) is 10.6. The number of likely N-dealkylation sites (N-methyl/N-ethyl adjacent to an activating group) is 1. The molecule has 0 atom stereocenters. The molecule has 1 N–H and O–H groups in total. The molecular weight excluding hydrogens is 264 g/mol. The Kier molecular flexibility index (Phi) is 5.17. The summed E-state index contributed by atoms with van der Waals surface area (Å²) in [7, 11) is 3.68.